The van der Waals surface area contributed by atoms with Crippen molar-refractivity contribution in [3.8, 4) is 0 Å². The summed E-state index contributed by atoms with van der Waals surface area (Å²) in [6, 6.07) is 0. The minimum atomic E-state index is -0.945. The minimum absolute atomic E-state index is 0.0353. The van der Waals surface area contributed by atoms with Crippen molar-refractivity contribution in [1.29, 1.82) is 0 Å². The monoisotopic (exact) mass is 216 g/mol. The van der Waals surface area contributed by atoms with Crippen LogP contribution in [-0.2, 0) is 14.3 Å². The largest absolute Gasteiger partial charge is 0.481 e. The summed E-state index contributed by atoms with van der Waals surface area (Å²) in [5.74, 6) is -1.83. The molecule has 0 bridgehead atoms. The maximum absolute atomic E-state index is 10.4. The van der Waals surface area contributed by atoms with Gasteiger partial charge in [-0.25, -0.2) is 0 Å². The van der Waals surface area contributed by atoms with E-state index in [4.69, 9.17) is 14.9 Å². The lowest BCUT2D eigenvalue weighted by Gasteiger charge is -2.13. The van der Waals surface area contributed by atoms with E-state index < -0.39 is 18.0 Å². The van der Waals surface area contributed by atoms with Gasteiger partial charge in [-0.05, 0) is 12.8 Å². The highest BCUT2D eigenvalue weighted by Gasteiger charge is 2.13. The molecule has 1 atom stereocenters. The Bertz CT molecular complexity index is 224. The molecule has 5 nitrogen and oxygen atoms in total. The molecule has 1 unspecified atom stereocenters. The number of rotatable bonds is 9. The third-order valence-corrected chi connectivity index (χ3v) is 1.77. The Morgan fingerprint density at radius 2 is 2.00 bits per heavy atom. The third-order valence-electron chi connectivity index (χ3n) is 1.77. The van der Waals surface area contributed by atoms with Crippen LogP contribution in [0.2, 0.25) is 0 Å². The van der Waals surface area contributed by atoms with Crippen LogP contribution in [0.25, 0.3) is 0 Å². The van der Waals surface area contributed by atoms with E-state index >= 15 is 0 Å². The van der Waals surface area contributed by atoms with Crippen LogP contribution in [0.3, 0.4) is 0 Å². The van der Waals surface area contributed by atoms with Gasteiger partial charge in [0.25, 0.3) is 0 Å². The van der Waals surface area contributed by atoms with E-state index in [0.29, 0.717) is 12.8 Å². The van der Waals surface area contributed by atoms with Gasteiger partial charge >= 0.3 is 11.9 Å². The van der Waals surface area contributed by atoms with Crippen molar-refractivity contribution in [1.82, 2.24) is 0 Å². The summed E-state index contributed by atoms with van der Waals surface area (Å²) >= 11 is 0. The van der Waals surface area contributed by atoms with Crippen LogP contribution >= 0.6 is 0 Å². The summed E-state index contributed by atoms with van der Waals surface area (Å²) in [7, 11) is 0. The molecular weight excluding hydrogens is 200 g/mol. The average Bonchev–Trinajstić information content (AvgIpc) is 2.12. The molecule has 0 spiro atoms. The first-order valence-corrected chi connectivity index (χ1v) is 4.72. The highest BCUT2D eigenvalue weighted by molar-refractivity contribution is 5.67. The first-order valence-electron chi connectivity index (χ1n) is 4.72. The highest BCUT2D eigenvalue weighted by Crippen LogP contribution is 2.09. The van der Waals surface area contributed by atoms with Crippen LogP contribution < -0.4 is 0 Å². The zero-order valence-corrected chi connectivity index (χ0v) is 8.52. The molecule has 0 radical (unpaired) electrons. The van der Waals surface area contributed by atoms with E-state index in [-0.39, 0.29) is 19.4 Å². The predicted molar refractivity (Wildman–Crippen MR) is 53.7 cm³/mol. The van der Waals surface area contributed by atoms with Crippen LogP contribution in [-0.4, -0.2) is 34.9 Å². The van der Waals surface area contributed by atoms with Gasteiger partial charge in [-0.15, -0.1) is 6.58 Å². The highest BCUT2D eigenvalue weighted by atomic mass is 16.5. The zero-order chi connectivity index (χ0) is 11.7. The molecule has 0 fully saturated rings. The van der Waals surface area contributed by atoms with Crippen LogP contribution in [0.1, 0.15) is 25.7 Å². The maximum atomic E-state index is 10.4. The van der Waals surface area contributed by atoms with Crippen molar-refractivity contribution in [2.24, 2.45) is 0 Å². The Labute approximate surface area is 88.4 Å². The van der Waals surface area contributed by atoms with Crippen LogP contribution in [0.4, 0.5) is 0 Å². The molecule has 0 aromatic heterocycles. The summed E-state index contributed by atoms with van der Waals surface area (Å²) in [6.07, 6.45) is 1.89. The number of hydrogen-bond acceptors (Lipinski definition) is 3. The van der Waals surface area contributed by atoms with E-state index in [9.17, 15) is 9.59 Å². The van der Waals surface area contributed by atoms with Gasteiger partial charge in [0, 0.05) is 6.42 Å². The number of ether oxygens (including phenoxy) is 1. The summed E-state index contributed by atoms with van der Waals surface area (Å²) in [4.78, 5) is 20.7. The molecule has 0 aliphatic carbocycles. The Kier molecular flexibility index (Phi) is 7.27. The molecule has 0 amide bonds. The molecule has 86 valence electrons. The van der Waals surface area contributed by atoms with Gasteiger partial charge in [0.2, 0.25) is 0 Å². The number of carbonyl (C=O) groups is 2. The molecule has 0 saturated carbocycles. The lowest BCUT2D eigenvalue weighted by atomic mass is 10.1. The second kappa shape index (κ2) is 7.99. The van der Waals surface area contributed by atoms with E-state index in [1.807, 2.05) is 0 Å². The second-order valence-electron chi connectivity index (χ2n) is 3.13. The van der Waals surface area contributed by atoms with E-state index in [0.717, 1.165) is 0 Å². The van der Waals surface area contributed by atoms with Gasteiger partial charge in [-0.1, -0.05) is 6.08 Å². The summed E-state index contributed by atoms with van der Waals surface area (Å²) in [5.41, 5.74) is 0. The van der Waals surface area contributed by atoms with Crippen molar-refractivity contribution in [2.75, 3.05) is 6.61 Å². The molecular formula is C10H16O5. The molecule has 0 aliphatic heterocycles. The number of aliphatic carboxylic acids is 2. The summed E-state index contributed by atoms with van der Waals surface area (Å²) < 4.78 is 5.19. The molecule has 0 saturated heterocycles. The normalized spacial score (nSPS) is 12.0. The quantitative estimate of drug-likeness (QED) is 0.567. The first-order chi connectivity index (χ1) is 7.06. The molecule has 0 aromatic carbocycles. The van der Waals surface area contributed by atoms with Crippen molar-refractivity contribution < 1.29 is 24.5 Å². The predicted octanol–water partition coefficient (Wildman–Crippen LogP) is 1.29. The van der Waals surface area contributed by atoms with E-state index in [1.165, 1.54) is 6.08 Å². The lowest BCUT2D eigenvalue weighted by Crippen LogP contribution is -2.18. The van der Waals surface area contributed by atoms with Gasteiger partial charge in [-0.3, -0.25) is 9.59 Å². The number of carboxylic acids is 2. The number of hydrogen-bond donors (Lipinski definition) is 2. The summed E-state index contributed by atoms with van der Waals surface area (Å²) in [6.45, 7) is 3.74. The first kappa shape index (κ1) is 13.6. The zero-order valence-electron chi connectivity index (χ0n) is 8.52. The second-order valence-corrected chi connectivity index (χ2v) is 3.13. The Morgan fingerprint density at radius 3 is 2.47 bits per heavy atom. The minimum Gasteiger partial charge on any atom is -0.481 e. The average molecular weight is 216 g/mol. The SMILES string of the molecule is C=CCOC(CCCC(=O)O)CC(=O)O. The fraction of sp³-hybridized carbons (Fsp3) is 0.600. The summed E-state index contributed by atoms with van der Waals surface area (Å²) in [5, 5.41) is 17.0. The van der Waals surface area contributed by atoms with E-state index in [1.54, 1.807) is 0 Å². The van der Waals surface area contributed by atoms with Crippen LogP contribution in [0.15, 0.2) is 12.7 Å². The van der Waals surface area contributed by atoms with Crippen LogP contribution in [0, 0.1) is 0 Å². The molecule has 2 N–H and O–H groups in total. The van der Waals surface area contributed by atoms with Crippen molar-refractivity contribution in [3.63, 3.8) is 0 Å². The van der Waals surface area contributed by atoms with E-state index in [2.05, 4.69) is 6.58 Å². The Morgan fingerprint density at radius 1 is 1.33 bits per heavy atom. The van der Waals surface area contributed by atoms with Crippen LogP contribution in [0.5, 0.6) is 0 Å². The number of carboxylic acid groups (broad SMARTS) is 2. The fourth-order valence-electron chi connectivity index (χ4n) is 1.12. The van der Waals surface area contributed by atoms with Gasteiger partial charge in [0.1, 0.15) is 0 Å². The molecule has 0 heterocycles. The fourth-order valence-corrected chi connectivity index (χ4v) is 1.12. The van der Waals surface area contributed by atoms with Crippen molar-refractivity contribution in [3.05, 3.63) is 12.7 Å². The van der Waals surface area contributed by atoms with Gasteiger partial charge in [0.15, 0.2) is 0 Å². The Hall–Kier alpha value is -1.36. The van der Waals surface area contributed by atoms with Gasteiger partial charge in [-0.2, -0.15) is 0 Å². The molecule has 0 aromatic rings. The Balaban J connectivity index is 3.83. The maximum Gasteiger partial charge on any atom is 0.305 e. The molecule has 15 heavy (non-hydrogen) atoms. The molecule has 5 heteroatoms. The lowest BCUT2D eigenvalue weighted by molar-refractivity contribution is -0.140. The van der Waals surface area contributed by atoms with Gasteiger partial charge < -0.3 is 14.9 Å². The van der Waals surface area contributed by atoms with Crippen molar-refractivity contribution in [2.45, 2.75) is 31.8 Å². The standard InChI is InChI=1S/C10H16O5/c1-2-6-15-8(7-10(13)14)4-3-5-9(11)12/h2,8H,1,3-7H2,(H,11,12)(H,13,14). The van der Waals surface area contributed by atoms with Gasteiger partial charge in [0.05, 0.1) is 19.1 Å². The molecule has 0 aliphatic rings. The third kappa shape index (κ3) is 8.96. The smallest absolute Gasteiger partial charge is 0.305 e. The molecule has 0 rings (SSSR count). The van der Waals surface area contributed by atoms with Crippen molar-refractivity contribution >= 4 is 11.9 Å². The topological polar surface area (TPSA) is 83.8 Å².